The number of aromatic nitrogens is 3. The zero-order chi connectivity index (χ0) is 28.6. The number of likely N-dealkylation sites (tertiary alicyclic amines) is 2. The molecule has 0 aromatic carbocycles. The molecule has 0 saturated carbocycles. The van der Waals surface area contributed by atoms with Crippen molar-refractivity contribution in [2.24, 2.45) is 12.5 Å². The summed E-state index contributed by atoms with van der Waals surface area (Å²) in [5.74, 6) is -5.51. The summed E-state index contributed by atoms with van der Waals surface area (Å²) in [6.07, 6.45) is 1.86. The number of alkyl halides is 6. The monoisotopic (exact) mass is 553 g/mol. The number of aliphatic carboxylic acids is 2. The summed E-state index contributed by atoms with van der Waals surface area (Å²) >= 11 is 0. The molecule has 0 bridgehead atoms. The SMILES string of the molecule is Cn1cc(CN2CCCC3(CCN(Cc4cccnc4)C3)C2)cn1.O=C(O)C(F)(F)F.O=C(O)C(F)(F)F. The highest BCUT2D eigenvalue weighted by Gasteiger charge is 2.41. The van der Waals surface area contributed by atoms with Gasteiger partial charge in [-0.25, -0.2) is 9.59 Å². The Morgan fingerprint density at radius 2 is 1.47 bits per heavy atom. The Labute approximate surface area is 214 Å². The molecule has 9 nitrogen and oxygen atoms in total. The van der Waals surface area contributed by atoms with Crippen molar-refractivity contribution in [1.29, 1.82) is 0 Å². The minimum Gasteiger partial charge on any atom is -0.475 e. The smallest absolute Gasteiger partial charge is 0.475 e. The lowest BCUT2D eigenvalue weighted by atomic mass is 9.79. The van der Waals surface area contributed by atoms with Gasteiger partial charge in [0.25, 0.3) is 0 Å². The number of piperidine rings is 1. The molecule has 2 fully saturated rings. The lowest BCUT2D eigenvalue weighted by molar-refractivity contribution is -0.193. The van der Waals surface area contributed by atoms with E-state index >= 15 is 0 Å². The minimum absolute atomic E-state index is 0.489. The Morgan fingerprint density at radius 3 is 1.95 bits per heavy atom. The molecule has 1 spiro atoms. The number of hydrogen-bond acceptors (Lipinski definition) is 6. The molecule has 38 heavy (non-hydrogen) atoms. The van der Waals surface area contributed by atoms with E-state index in [4.69, 9.17) is 19.8 Å². The number of pyridine rings is 1. The number of carboxylic acid groups (broad SMARTS) is 2. The second-order valence-electron chi connectivity index (χ2n) is 9.26. The first-order valence-electron chi connectivity index (χ1n) is 11.5. The van der Waals surface area contributed by atoms with Gasteiger partial charge in [0.2, 0.25) is 0 Å². The van der Waals surface area contributed by atoms with Crippen molar-refractivity contribution in [2.75, 3.05) is 26.2 Å². The van der Waals surface area contributed by atoms with Crippen molar-refractivity contribution in [3.8, 4) is 0 Å². The third-order valence-electron chi connectivity index (χ3n) is 6.04. The molecule has 212 valence electrons. The summed E-state index contributed by atoms with van der Waals surface area (Å²) in [5, 5.41) is 18.6. The Balaban J connectivity index is 0.000000301. The fraction of sp³-hybridized carbons (Fsp3) is 0.565. The van der Waals surface area contributed by atoms with E-state index in [1.54, 1.807) is 0 Å². The van der Waals surface area contributed by atoms with E-state index in [-0.39, 0.29) is 0 Å². The summed E-state index contributed by atoms with van der Waals surface area (Å²) < 4.78 is 65.4. The summed E-state index contributed by atoms with van der Waals surface area (Å²) in [6.45, 7) is 6.97. The largest absolute Gasteiger partial charge is 0.490 e. The molecule has 4 heterocycles. The third kappa shape index (κ3) is 10.3. The topological polar surface area (TPSA) is 112 Å². The van der Waals surface area contributed by atoms with Crippen LogP contribution >= 0.6 is 0 Å². The van der Waals surface area contributed by atoms with Crippen LogP contribution in [0.1, 0.15) is 30.4 Å². The van der Waals surface area contributed by atoms with Crippen molar-refractivity contribution in [3.63, 3.8) is 0 Å². The average Bonchev–Trinajstić information content (AvgIpc) is 3.39. The van der Waals surface area contributed by atoms with Crippen LogP contribution < -0.4 is 0 Å². The summed E-state index contributed by atoms with van der Waals surface area (Å²) in [6, 6.07) is 4.23. The summed E-state index contributed by atoms with van der Waals surface area (Å²) in [7, 11) is 1.99. The lowest BCUT2D eigenvalue weighted by Crippen LogP contribution is -2.44. The highest BCUT2D eigenvalue weighted by molar-refractivity contribution is 5.73. The second kappa shape index (κ2) is 13.0. The van der Waals surface area contributed by atoms with Crippen LogP contribution in [0, 0.1) is 5.41 Å². The van der Waals surface area contributed by atoms with E-state index in [2.05, 4.69) is 32.1 Å². The number of nitrogens with zero attached hydrogens (tertiary/aromatic N) is 5. The lowest BCUT2D eigenvalue weighted by Gasteiger charge is -2.40. The zero-order valence-corrected chi connectivity index (χ0v) is 20.5. The van der Waals surface area contributed by atoms with Gasteiger partial charge in [0.1, 0.15) is 0 Å². The third-order valence-corrected chi connectivity index (χ3v) is 6.04. The molecule has 2 N–H and O–H groups in total. The van der Waals surface area contributed by atoms with Crippen LogP contribution in [0.25, 0.3) is 0 Å². The summed E-state index contributed by atoms with van der Waals surface area (Å²) in [5.41, 5.74) is 3.15. The number of rotatable bonds is 4. The minimum atomic E-state index is -5.08. The molecule has 1 atom stereocenters. The fourth-order valence-electron chi connectivity index (χ4n) is 4.50. The summed E-state index contributed by atoms with van der Waals surface area (Å²) in [4.78, 5) is 27.3. The van der Waals surface area contributed by atoms with Crippen LogP contribution in [0.2, 0.25) is 0 Å². The maximum Gasteiger partial charge on any atom is 0.490 e. The highest BCUT2D eigenvalue weighted by atomic mass is 19.4. The van der Waals surface area contributed by atoms with Gasteiger partial charge in [-0.2, -0.15) is 31.4 Å². The second-order valence-corrected chi connectivity index (χ2v) is 9.26. The zero-order valence-electron chi connectivity index (χ0n) is 20.5. The van der Waals surface area contributed by atoms with E-state index in [9.17, 15) is 26.3 Å². The highest BCUT2D eigenvalue weighted by Crippen LogP contribution is 2.39. The first-order valence-corrected chi connectivity index (χ1v) is 11.5. The van der Waals surface area contributed by atoms with Crippen LogP contribution in [0.5, 0.6) is 0 Å². The normalized spacial score (nSPS) is 20.3. The van der Waals surface area contributed by atoms with Gasteiger partial charge >= 0.3 is 24.3 Å². The number of hydrogen-bond donors (Lipinski definition) is 2. The Bertz CT molecular complexity index is 1020. The molecule has 1 unspecified atom stereocenters. The van der Waals surface area contributed by atoms with Crippen LogP contribution in [-0.4, -0.2) is 85.2 Å². The fourth-order valence-corrected chi connectivity index (χ4v) is 4.50. The molecule has 2 aliphatic heterocycles. The van der Waals surface area contributed by atoms with Gasteiger partial charge in [-0.1, -0.05) is 6.07 Å². The van der Waals surface area contributed by atoms with E-state index < -0.39 is 24.3 Å². The number of carbonyl (C=O) groups is 2. The Hall–Kier alpha value is -3.20. The van der Waals surface area contributed by atoms with Crippen LogP contribution in [0.3, 0.4) is 0 Å². The van der Waals surface area contributed by atoms with E-state index in [1.165, 1.54) is 56.6 Å². The number of carboxylic acids is 2. The molecule has 2 saturated heterocycles. The van der Waals surface area contributed by atoms with Gasteiger partial charge in [-0.05, 0) is 49.4 Å². The first-order chi connectivity index (χ1) is 17.6. The molecule has 0 radical (unpaired) electrons. The Morgan fingerprint density at radius 1 is 0.921 bits per heavy atom. The van der Waals surface area contributed by atoms with E-state index in [0.29, 0.717) is 5.41 Å². The van der Waals surface area contributed by atoms with Gasteiger partial charge in [0.05, 0.1) is 6.20 Å². The van der Waals surface area contributed by atoms with Crippen molar-refractivity contribution < 1.29 is 46.1 Å². The standard InChI is InChI=1S/C19H27N5.2C2HF3O2/c1-22-12-18(11-21-22)14-23-8-3-5-19(15-23)6-9-24(16-19)13-17-4-2-7-20-10-17;2*3-2(4,5)1(6)7/h2,4,7,10-12H,3,5-6,8-9,13-16H2,1H3;2*(H,6,7). The number of aryl methyl sites for hydroxylation is 1. The van der Waals surface area contributed by atoms with Crippen molar-refractivity contribution in [1.82, 2.24) is 24.6 Å². The molecule has 2 aliphatic rings. The molecular formula is C23H29F6N5O4. The quantitative estimate of drug-likeness (QED) is 0.553. The van der Waals surface area contributed by atoms with Crippen LogP contribution in [0.4, 0.5) is 26.3 Å². The van der Waals surface area contributed by atoms with Crippen LogP contribution in [-0.2, 0) is 29.7 Å². The van der Waals surface area contributed by atoms with Gasteiger partial charge in [-0.15, -0.1) is 0 Å². The Kier molecular flexibility index (Phi) is 10.6. The van der Waals surface area contributed by atoms with Gasteiger partial charge < -0.3 is 10.2 Å². The molecule has 0 amide bonds. The molecule has 2 aromatic heterocycles. The van der Waals surface area contributed by atoms with Gasteiger partial charge in [0.15, 0.2) is 0 Å². The van der Waals surface area contributed by atoms with Crippen molar-refractivity contribution >= 4 is 11.9 Å². The molecule has 2 aromatic rings. The average molecular weight is 554 g/mol. The van der Waals surface area contributed by atoms with E-state index in [1.807, 2.05) is 36.4 Å². The maximum atomic E-state index is 10.6. The maximum absolute atomic E-state index is 10.6. The molecule has 4 rings (SSSR count). The number of halogens is 6. The van der Waals surface area contributed by atoms with Gasteiger partial charge in [0, 0.05) is 57.4 Å². The van der Waals surface area contributed by atoms with Crippen molar-refractivity contribution in [2.45, 2.75) is 44.7 Å². The van der Waals surface area contributed by atoms with Gasteiger partial charge in [-0.3, -0.25) is 19.5 Å². The first kappa shape index (κ1) is 31.0. The van der Waals surface area contributed by atoms with Crippen molar-refractivity contribution in [3.05, 3.63) is 48.0 Å². The predicted octanol–water partition coefficient (Wildman–Crippen LogP) is 3.57. The molecular weight excluding hydrogens is 524 g/mol. The molecule has 15 heteroatoms. The predicted molar refractivity (Wildman–Crippen MR) is 122 cm³/mol. The molecule has 0 aliphatic carbocycles. The van der Waals surface area contributed by atoms with Crippen LogP contribution in [0.15, 0.2) is 36.9 Å². The van der Waals surface area contributed by atoms with E-state index in [0.717, 1.165) is 13.1 Å².